The second kappa shape index (κ2) is 6.50. The Morgan fingerprint density at radius 2 is 1.61 bits per heavy atom. The van der Waals surface area contributed by atoms with E-state index in [1.807, 2.05) is 18.2 Å². The first-order chi connectivity index (χ1) is 13.7. The molecule has 4 aromatic rings. The summed E-state index contributed by atoms with van der Waals surface area (Å²) in [7, 11) is 0. The maximum Gasteiger partial charge on any atom is 0.259 e. The molecule has 5 rings (SSSR count). The lowest BCUT2D eigenvalue weighted by Gasteiger charge is -2.20. The highest BCUT2D eigenvalue weighted by Gasteiger charge is 2.18. The molecule has 4 nitrogen and oxygen atoms in total. The summed E-state index contributed by atoms with van der Waals surface area (Å²) in [4.78, 5) is 16.9. The molecule has 2 N–H and O–H groups in total. The van der Waals surface area contributed by atoms with Crippen molar-refractivity contribution < 1.29 is 9.90 Å². The van der Waals surface area contributed by atoms with Gasteiger partial charge in [-0.05, 0) is 59.4 Å². The molecular weight excluding hydrogens is 348 g/mol. The molecule has 3 aromatic carbocycles. The summed E-state index contributed by atoms with van der Waals surface area (Å²) in [5, 5.41) is 14.2. The van der Waals surface area contributed by atoms with E-state index in [1.165, 1.54) is 22.3 Å². The van der Waals surface area contributed by atoms with Crippen molar-refractivity contribution in [1.82, 2.24) is 4.98 Å². The van der Waals surface area contributed by atoms with Gasteiger partial charge in [-0.2, -0.15) is 0 Å². The van der Waals surface area contributed by atoms with Crippen LogP contribution >= 0.6 is 0 Å². The highest BCUT2D eigenvalue weighted by atomic mass is 16.3. The molecule has 1 amide bonds. The smallest absolute Gasteiger partial charge is 0.259 e. The third kappa shape index (κ3) is 2.79. The first-order valence-electron chi connectivity index (χ1n) is 9.26. The molecule has 0 saturated carbocycles. The fraction of sp³-hybridized carbons (Fsp3) is 0.0833. The summed E-state index contributed by atoms with van der Waals surface area (Å²) in [6, 6.07) is 21.6. The molecule has 28 heavy (non-hydrogen) atoms. The minimum atomic E-state index is -0.346. The molecule has 1 aliphatic rings. The number of amides is 1. The number of phenolic OH excluding ortho intramolecular Hbond substituents is 1. The largest absolute Gasteiger partial charge is 0.505 e. The molecule has 0 unspecified atom stereocenters. The normalized spacial score (nSPS) is 12.3. The Morgan fingerprint density at radius 1 is 0.857 bits per heavy atom. The van der Waals surface area contributed by atoms with Crippen LogP contribution in [0.2, 0.25) is 0 Å². The van der Waals surface area contributed by atoms with E-state index in [2.05, 4.69) is 40.6 Å². The standard InChI is InChI=1S/C24H18N2O2/c27-23-21(10-8-15-6-3-11-25-22(15)23)24(28)26-20-9-7-18-12-16-4-1-2-5-17(16)13-19(18)14-20/h1-11,14,27H,12-13H2,(H,26,28). The van der Waals surface area contributed by atoms with E-state index in [1.54, 1.807) is 24.4 Å². The van der Waals surface area contributed by atoms with Gasteiger partial charge in [0.2, 0.25) is 0 Å². The van der Waals surface area contributed by atoms with E-state index < -0.39 is 0 Å². The van der Waals surface area contributed by atoms with Gasteiger partial charge < -0.3 is 10.4 Å². The van der Waals surface area contributed by atoms with Gasteiger partial charge in [-0.15, -0.1) is 0 Å². The molecule has 0 saturated heterocycles. The van der Waals surface area contributed by atoms with Crippen molar-refractivity contribution >= 4 is 22.5 Å². The predicted octanol–water partition coefficient (Wildman–Crippen LogP) is 4.69. The second-order valence-electron chi connectivity index (χ2n) is 7.10. The fourth-order valence-electron chi connectivity index (χ4n) is 3.86. The number of nitrogens with one attached hydrogen (secondary N) is 1. The average Bonchev–Trinajstić information content (AvgIpc) is 2.72. The third-order valence-corrected chi connectivity index (χ3v) is 5.34. The van der Waals surface area contributed by atoms with Gasteiger partial charge in [0.25, 0.3) is 5.91 Å². The fourth-order valence-corrected chi connectivity index (χ4v) is 3.86. The van der Waals surface area contributed by atoms with Crippen LogP contribution in [0.3, 0.4) is 0 Å². The number of carbonyl (C=O) groups is 1. The Labute approximate surface area is 162 Å². The van der Waals surface area contributed by atoms with Gasteiger partial charge in [0.05, 0.1) is 5.56 Å². The maximum atomic E-state index is 12.7. The number of rotatable bonds is 2. The van der Waals surface area contributed by atoms with Gasteiger partial charge >= 0.3 is 0 Å². The van der Waals surface area contributed by atoms with Crippen molar-refractivity contribution in [3.63, 3.8) is 0 Å². The van der Waals surface area contributed by atoms with Gasteiger partial charge in [-0.3, -0.25) is 9.78 Å². The highest BCUT2D eigenvalue weighted by Crippen LogP contribution is 2.30. The van der Waals surface area contributed by atoms with Crippen molar-refractivity contribution in [3.8, 4) is 5.75 Å². The number of hydrogen-bond acceptors (Lipinski definition) is 3. The van der Waals surface area contributed by atoms with Gasteiger partial charge in [0.15, 0.2) is 5.75 Å². The lowest BCUT2D eigenvalue weighted by Crippen LogP contribution is -2.14. The number of carbonyl (C=O) groups excluding carboxylic acids is 1. The first kappa shape index (κ1) is 16.5. The summed E-state index contributed by atoms with van der Waals surface area (Å²) in [5.41, 5.74) is 6.57. The van der Waals surface area contributed by atoms with Gasteiger partial charge in [-0.1, -0.05) is 42.5 Å². The van der Waals surface area contributed by atoms with Crippen LogP contribution in [0.25, 0.3) is 10.9 Å². The van der Waals surface area contributed by atoms with Crippen LogP contribution in [0.1, 0.15) is 32.6 Å². The Kier molecular flexibility index (Phi) is 3.83. The van der Waals surface area contributed by atoms with Crippen LogP contribution in [0.4, 0.5) is 5.69 Å². The summed E-state index contributed by atoms with van der Waals surface area (Å²) < 4.78 is 0. The molecule has 0 aliphatic heterocycles. The van der Waals surface area contributed by atoms with E-state index >= 15 is 0 Å². The van der Waals surface area contributed by atoms with Gasteiger partial charge in [0, 0.05) is 17.3 Å². The van der Waals surface area contributed by atoms with Crippen molar-refractivity contribution in [1.29, 1.82) is 0 Å². The minimum Gasteiger partial charge on any atom is -0.505 e. The van der Waals surface area contributed by atoms with Crippen LogP contribution in [0.15, 0.2) is 72.9 Å². The van der Waals surface area contributed by atoms with E-state index in [0.717, 1.165) is 23.9 Å². The van der Waals surface area contributed by atoms with Crippen LogP contribution in [0, 0.1) is 0 Å². The zero-order valence-electron chi connectivity index (χ0n) is 15.1. The number of benzene rings is 3. The number of aromatic hydroxyl groups is 1. The monoisotopic (exact) mass is 366 g/mol. The maximum absolute atomic E-state index is 12.7. The summed E-state index contributed by atoms with van der Waals surface area (Å²) in [6.45, 7) is 0. The number of anilines is 1. The first-order valence-corrected chi connectivity index (χ1v) is 9.26. The van der Waals surface area contributed by atoms with E-state index in [9.17, 15) is 9.90 Å². The Hall–Kier alpha value is -3.66. The molecule has 1 aromatic heterocycles. The lowest BCUT2D eigenvalue weighted by atomic mass is 9.86. The highest BCUT2D eigenvalue weighted by molar-refractivity contribution is 6.09. The third-order valence-electron chi connectivity index (χ3n) is 5.34. The van der Waals surface area contributed by atoms with Crippen LogP contribution in [0.5, 0.6) is 5.75 Å². The van der Waals surface area contributed by atoms with E-state index in [4.69, 9.17) is 0 Å². The quantitative estimate of drug-likeness (QED) is 0.476. The molecule has 0 bridgehead atoms. The molecule has 0 radical (unpaired) electrons. The van der Waals surface area contributed by atoms with Gasteiger partial charge in [-0.25, -0.2) is 0 Å². The summed E-state index contributed by atoms with van der Waals surface area (Å²) in [5.74, 6) is -0.441. The van der Waals surface area contributed by atoms with Crippen LogP contribution < -0.4 is 5.32 Å². The van der Waals surface area contributed by atoms with Crippen molar-refractivity contribution in [2.24, 2.45) is 0 Å². The molecule has 0 fully saturated rings. The minimum absolute atomic E-state index is 0.0949. The summed E-state index contributed by atoms with van der Waals surface area (Å²) >= 11 is 0. The van der Waals surface area contributed by atoms with Crippen molar-refractivity contribution in [2.45, 2.75) is 12.8 Å². The SMILES string of the molecule is O=C(Nc1ccc2c(c1)Cc1ccccc1C2)c1ccc2cccnc2c1O. The molecular formula is C24H18N2O2. The van der Waals surface area contributed by atoms with Crippen molar-refractivity contribution in [3.05, 3.63) is 101 Å². The molecule has 0 atom stereocenters. The summed E-state index contributed by atoms with van der Waals surface area (Å²) in [6.07, 6.45) is 3.38. The molecule has 0 spiro atoms. The van der Waals surface area contributed by atoms with Crippen LogP contribution in [-0.2, 0) is 12.8 Å². The Bertz CT molecular complexity index is 1230. The number of pyridine rings is 1. The number of fused-ring (bicyclic) bond motifs is 3. The number of aromatic nitrogens is 1. The van der Waals surface area contributed by atoms with E-state index in [0.29, 0.717) is 5.52 Å². The van der Waals surface area contributed by atoms with Crippen LogP contribution in [-0.4, -0.2) is 16.0 Å². The number of hydrogen-bond donors (Lipinski definition) is 2. The molecule has 4 heteroatoms. The van der Waals surface area contributed by atoms with Crippen molar-refractivity contribution in [2.75, 3.05) is 5.32 Å². The Morgan fingerprint density at radius 3 is 2.43 bits per heavy atom. The Balaban J connectivity index is 1.43. The van der Waals surface area contributed by atoms with Gasteiger partial charge in [0.1, 0.15) is 5.52 Å². The number of nitrogens with zero attached hydrogens (tertiary/aromatic N) is 1. The second-order valence-corrected chi connectivity index (χ2v) is 7.10. The topological polar surface area (TPSA) is 62.2 Å². The predicted molar refractivity (Wildman–Crippen MR) is 110 cm³/mol. The zero-order valence-corrected chi connectivity index (χ0v) is 15.1. The zero-order chi connectivity index (χ0) is 19.1. The van der Waals surface area contributed by atoms with E-state index in [-0.39, 0.29) is 17.2 Å². The number of phenols is 1. The molecule has 1 heterocycles. The average molecular weight is 366 g/mol. The molecule has 136 valence electrons. The lowest BCUT2D eigenvalue weighted by molar-refractivity contribution is 0.102. The molecule has 1 aliphatic carbocycles.